The third-order valence-electron chi connectivity index (χ3n) is 3.55. The molecule has 0 aliphatic rings. The number of halogens is 1. The maximum Gasteiger partial charge on any atom is 0.313 e. The standard InChI is InChI=1S/C18H16ClN3O3/c1-18(25,13-5-3-2-4-6-13)11-21-16(23)17(24)22-15-9-14(19)8-7-12(15)10-20/h2-9,25H,11H2,1H3,(H,21,23)(H,22,24)/t18-/m1/s1. The van der Waals surface area contributed by atoms with Crippen molar-refractivity contribution in [3.8, 4) is 6.07 Å². The quantitative estimate of drug-likeness (QED) is 0.730. The minimum Gasteiger partial charge on any atom is -0.384 e. The van der Waals surface area contributed by atoms with Gasteiger partial charge >= 0.3 is 11.8 Å². The van der Waals surface area contributed by atoms with Gasteiger partial charge in [0.05, 0.1) is 17.8 Å². The fourth-order valence-corrected chi connectivity index (χ4v) is 2.30. The van der Waals surface area contributed by atoms with Crippen LogP contribution >= 0.6 is 11.6 Å². The van der Waals surface area contributed by atoms with Crippen molar-refractivity contribution in [2.75, 3.05) is 11.9 Å². The number of hydrogen-bond acceptors (Lipinski definition) is 4. The molecule has 2 amide bonds. The second-order valence-corrected chi connectivity index (χ2v) is 6.01. The maximum atomic E-state index is 12.0. The smallest absolute Gasteiger partial charge is 0.313 e. The maximum absolute atomic E-state index is 12.0. The predicted octanol–water partition coefficient (Wildman–Crippen LogP) is 2.17. The van der Waals surface area contributed by atoms with E-state index < -0.39 is 17.4 Å². The molecule has 0 unspecified atom stereocenters. The first kappa shape index (κ1) is 18.5. The summed E-state index contributed by atoms with van der Waals surface area (Å²) in [6.07, 6.45) is 0. The lowest BCUT2D eigenvalue weighted by atomic mass is 9.96. The van der Waals surface area contributed by atoms with Crippen LogP contribution in [0.2, 0.25) is 5.02 Å². The van der Waals surface area contributed by atoms with Gasteiger partial charge < -0.3 is 15.7 Å². The Labute approximate surface area is 150 Å². The summed E-state index contributed by atoms with van der Waals surface area (Å²) in [4.78, 5) is 23.9. The molecule has 3 N–H and O–H groups in total. The highest BCUT2D eigenvalue weighted by atomic mass is 35.5. The number of anilines is 1. The van der Waals surface area contributed by atoms with Crippen LogP contribution in [-0.2, 0) is 15.2 Å². The summed E-state index contributed by atoms with van der Waals surface area (Å²) >= 11 is 5.83. The molecule has 0 heterocycles. The summed E-state index contributed by atoms with van der Waals surface area (Å²) < 4.78 is 0. The molecule has 1 atom stereocenters. The van der Waals surface area contributed by atoms with Gasteiger partial charge in [-0.15, -0.1) is 0 Å². The lowest BCUT2D eigenvalue weighted by Gasteiger charge is -2.24. The summed E-state index contributed by atoms with van der Waals surface area (Å²) in [5.41, 5.74) is -0.394. The van der Waals surface area contributed by atoms with Crippen LogP contribution in [0.1, 0.15) is 18.1 Å². The molecule has 0 aromatic heterocycles. The first-order valence-corrected chi connectivity index (χ1v) is 7.78. The molecule has 2 rings (SSSR count). The van der Waals surface area contributed by atoms with Gasteiger partial charge in [0.1, 0.15) is 11.7 Å². The molecule has 0 saturated heterocycles. The van der Waals surface area contributed by atoms with Crippen LogP contribution in [0, 0.1) is 11.3 Å². The topological polar surface area (TPSA) is 102 Å². The number of benzene rings is 2. The molecule has 0 aliphatic heterocycles. The SMILES string of the molecule is C[C@@](O)(CNC(=O)C(=O)Nc1cc(Cl)ccc1C#N)c1ccccc1. The summed E-state index contributed by atoms with van der Waals surface area (Å²) in [7, 11) is 0. The van der Waals surface area contributed by atoms with Crippen LogP contribution < -0.4 is 10.6 Å². The van der Waals surface area contributed by atoms with Gasteiger partial charge in [0.25, 0.3) is 0 Å². The molecule has 0 aliphatic carbocycles. The molecule has 0 fully saturated rings. The number of aliphatic hydroxyl groups is 1. The lowest BCUT2D eigenvalue weighted by Crippen LogP contribution is -2.43. The van der Waals surface area contributed by atoms with E-state index in [9.17, 15) is 14.7 Å². The average Bonchev–Trinajstić information content (AvgIpc) is 2.60. The predicted molar refractivity (Wildman–Crippen MR) is 93.8 cm³/mol. The number of carbonyl (C=O) groups is 2. The Morgan fingerprint density at radius 2 is 1.88 bits per heavy atom. The van der Waals surface area contributed by atoms with Crippen LogP contribution in [0.3, 0.4) is 0 Å². The average molecular weight is 358 g/mol. The van der Waals surface area contributed by atoms with E-state index in [1.807, 2.05) is 12.1 Å². The van der Waals surface area contributed by atoms with Gasteiger partial charge in [-0.25, -0.2) is 0 Å². The second kappa shape index (κ2) is 7.79. The fraction of sp³-hybridized carbons (Fsp3) is 0.167. The Morgan fingerprint density at radius 3 is 2.52 bits per heavy atom. The van der Waals surface area contributed by atoms with Gasteiger partial charge in [-0.1, -0.05) is 41.9 Å². The largest absolute Gasteiger partial charge is 0.384 e. The zero-order valence-corrected chi connectivity index (χ0v) is 14.2. The number of rotatable bonds is 4. The molecule has 7 heteroatoms. The Hall–Kier alpha value is -2.88. The van der Waals surface area contributed by atoms with E-state index in [0.717, 1.165) is 0 Å². The van der Waals surface area contributed by atoms with Gasteiger partial charge in [-0.05, 0) is 30.7 Å². The van der Waals surface area contributed by atoms with E-state index >= 15 is 0 Å². The third-order valence-corrected chi connectivity index (χ3v) is 3.78. The number of nitrogens with one attached hydrogen (secondary N) is 2. The Balaban J connectivity index is 2.01. The van der Waals surface area contributed by atoms with Crippen molar-refractivity contribution in [1.29, 1.82) is 5.26 Å². The molecule has 0 spiro atoms. The number of amides is 2. The van der Waals surface area contributed by atoms with Crippen molar-refractivity contribution in [2.24, 2.45) is 0 Å². The van der Waals surface area contributed by atoms with Crippen LogP contribution in [0.25, 0.3) is 0 Å². The number of nitriles is 1. The zero-order chi connectivity index (χ0) is 18.4. The molecule has 0 saturated carbocycles. The molecular formula is C18H16ClN3O3. The van der Waals surface area contributed by atoms with Crippen LogP contribution in [0.5, 0.6) is 0 Å². The summed E-state index contributed by atoms with van der Waals surface area (Å²) in [6.45, 7) is 1.38. The Kier molecular flexibility index (Phi) is 5.75. The Morgan fingerprint density at radius 1 is 1.20 bits per heavy atom. The molecule has 2 aromatic carbocycles. The summed E-state index contributed by atoms with van der Waals surface area (Å²) in [5.74, 6) is -1.89. The van der Waals surface area contributed by atoms with Crippen molar-refractivity contribution in [2.45, 2.75) is 12.5 Å². The molecule has 2 aromatic rings. The van der Waals surface area contributed by atoms with Crippen LogP contribution in [-0.4, -0.2) is 23.5 Å². The van der Waals surface area contributed by atoms with E-state index in [1.54, 1.807) is 24.3 Å². The highest BCUT2D eigenvalue weighted by Crippen LogP contribution is 2.21. The fourth-order valence-electron chi connectivity index (χ4n) is 2.13. The van der Waals surface area contributed by atoms with E-state index in [4.69, 9.17) is 16.9 Å². The van der Waals surface area contributed by atoms with E-state index in [-0.39, 0.29) is 17.8 Å². The van der Waals surface area contributed by atoms with Gasteiger partial charge in [-0.3, -0.25) is 9.59 Å². The molecule has 0 radical (unpaired) electrons. The molecule has 0 bridgehead atoms. The van der Waals surface area contributed by atoms with Crippen molar-refractivity contribution >= 4 is 29.1 Å². The molecule has 25 heavy (non-hydrogen) atoms. The first-order chi connectivity index (χ1) is 11.8. The van der Waals surface area contributed by atoms with Gasteiger partial charge in [-0.2, -0.15) is 5.26 Å². The molecule has 128 valence electrons. The zero-order valence-electron chi connectivity index (χ0n) is 13.4. The van der Waals surface area contributed by atoms with E-state index in [0.29, 0.717) is 10.6 Å². The van der Waals surface area contributed by atoms with Gasteiger partial charge in [0.2, 0.25) is 0 Å². The minimum atomic E-state index is -1.33. The number of carbonyl (C=O) groups excluding carboxylic acids is 2. The monoisotopic (exact) mass is 357 g/mol. The summed E-state index contributed by atoms with van der Waals surface area (Å²) in [5, 5.41) is 24.5. The normalized spacial score (nSPS) is 12.6. The van der Waals surface area contributed by atoms with Crippen LogP contribution in [0.15, 0.2) is 48.5 Å². The van der Waals surface area contributed by atoms with E-state index in [1.165, 1.54) is 25.1 Å². The first-order valence-electron chi connectivity index (χ1n) is 7.40. The van der Waals surface area contributed by atoms with Crippen molar-refractivity contribution < 1.29 is 14.7 Å². The van der Waals surface area contributed by atoms with Crippen molar-refractivity contribution in [1.82, 2.24) is 5.32 Å². The third kappa shape index (κ3) is 4.80. The van der Waals surface area contributed by atoms with Crippen molar-refractivity contribution in [3.05, 3.63) is 64.7 Å². The van der Waals surface area contributed by atoms with Gasteiger partial charge in [0, 0.05) is 5.02 Å². The highest BCUT2D eigenvalue weighted by molar-refractivity contribution is 6.40. The molecular weight excluding hydrogens is 342 g/mol. The Bertz CT molecular complexity index is 829. The van der Waals surface area contributed by atoms with E-state index in [2.05, 4.69) is 10.6 Å². The minimum absolute atomic E-state index is 0.143. The number of nitrogens with zero attached hydrogens (tertiary/aromatic N) is 1. The highest BCUT2D eigenvalue weighted by Gasteiger charge is 2.25. The van der Waals surface area contributed by atoms with Crippen LogP contribution in [0.4, 0.5) is 5.69 Å². The van der Waals surface area contributed by atoms with Gasteiger partial charge in [0.15, 0.2) is 0 Å². The molecule has 6 nitrogen and oxygen atoms in total. The lowest BCUT2D eigenvalue weighted by molar-refractivity contribution is -0.136. The number of hydrogen-bond donors (Lipinski definition) is 3. The summed E-state index contributed by atoms with van der Waals surface area (Å²) in [6, 6.07) is 15.0. The second-order valence-electron chi connectivity index (χ2n) is 5.58. The van der Waals surface area contributed by atoms with Crippen molar-refractivity contribution in [3.63, 3.8) is 0 Å².